The summed E-state index contributed by atoms with van der Waals surface area (Å²) in [5.41, 5.74) is 9.80. The molecular formula is C12H21N5O2S. The molecule has 0 unspecified atom stereocenters. The zero-order valence-electron chi connectivity index (χ0n) is 12.1. The number of aromatic nitrogens is 1. The standard InChI is InChI=1S/C12H21N5O2S/c1-6(2)5-15-11-16-8(13)7(20-11)9(18)17-12(3,4)10(14)19/h6H,5,13H2,1-4H3,(H2,14,19)(H,15,16)(H,17,18). The van der Waals surface area contributed by atoms with Gasteiger partial charge in [-0.05, 0) is 19.8 Å². The fraction of sp³-hybridized carbons (Fsp3) is 0.583. The van der Waals surface area contributed by atoms with Crippen molar-refractivity contribution >= 4 is 34.1 Å². The number of nitrogen functional groups attached to an aromatic ring is 1. The van der Waals surface area contributed by atoms with Crippen LogP contribution >= 0.6 is 11.3 Å². The Labute approximate surface area is 122 Å². The maximum absolute atomic E-state index is 12.1. The van der Waals surface area contributed by atoms with Gasteiger partial charge in [-0.3, -0.25) is 9.59 Å². The van der Waals surface area contributed by atoms with Crippen molar-refractivity contribution in [3.05, 3.63) is 4.88 Å². The van der Waals surface area contributed by atoms with Gasteiger partial charge in [-0.2, -0.15) is 0 Å². The van der Waals surface area contributed by atoms with Crippen molar-refractivity contribution < 1.29 is 9.59 Å². The Kier molecular flexibility index (Phi) is 4.93. The van der Waals surface area contributed by atoms with Gasteiger partial charge in [0.05, 0.1) is 0 Å². The van der Waals surface area contributed by atoms with Crippen molar-refractivity contribution in [2.75, 3.05) is 17.6 Å². The lowest BCUT2D eigenvalue weighted by atomic mass is 10.1. The lowest BCUT2D eigenvalue weighted by Gasteiger charge is -2.21. The fourth-order valence-corrected chi connectivity index (χ4v) is 2.05. The van der Waals surface area contributed by atoms with E-state index in [1.807, 2.05) is 0 Å². The quantitative estimate of drug-likeness (QED) is 0.618. The number of primary amides is 1. The SMILES string of the molecule is CC(C)CNc1nc(N)c(C(=O)NC(C)(C)C(N)=O)s1. The Morgan fingerprint density at radius 1 is 1.40 bits per heavy atom. The van der Waals surface area contributed by atoms with Gasteiger partial charge in [-0.1, -0.05) is 25.2 Å². The number of rotatable bonds is 6. The fourth-order valence-electron chi connectivity index (χ4n) is 1.26. The summed E-state index contributed by atoms with van der Waals surface area (Å²) in [6, 6.07) is 0. The first-order valence-corrected chi connectivity index (χ1v) is 7.07. The average Bonchev–Trinajstić information content (AvgIpc) is 2.67. The number of hydrogen-bond acceptors (Lipinski definition) is 6. The second-order valence-corrected chi connectivity index (χ2v) is 6.45. The molecule has 0 spiro atoms. The second kappa shape index (κ2) is 6.08. The molecule has 0 bridgehead atoms. The number of anilines is 2. The van der Waals surface area contributed by atoms with Crippen molar-refractivity contribution in [2.24, 2.45) is 11.7 Å². The third kappa shape index (κ3) is 4.09. The van der Waals surface area contributed by atoms with Crippen molar-refractivity contribution in [1.29, 1.82) is 0 Å². The number of hydrogen-bond donors (Lipinski definition) is 4. The first-order valence-electron chi connectivity index (χ1n) is 6.26. The molecule has 1 heterocycles. The molecule has 0 fully saturated rings. The molecule has 0 saturated heterocycles. The lowest BCUT2D eigenvalue weighted by Crippen LogP contribution is -2.52. The molecule has 0 aromatic carbocycles. The molecule has 7 nitrogen and oxygen atoms in total. The molecule has 2 amide bonds. The molecule has 6 N–H and O–H groups in total. The number of amides is 2. The minimum atomic E-state index is -1.14. The Balaban J connectivity index is 2.81. The molecule has 0 aliphatic carbocycles. The van der Waals surface area contributed by atoms with E-state index in [0.29, 0.717) is 11.0 Å². The van der Waals surface area contributed by atoms with Gasteiger partial charge in [-0.25, -0.2) is 4.98 Å². The predicted molar refractivity (Wildman–Crippen MR) is 80.6 cm³/mol. The number of nitrogens with two attached hydrogens (primary N) is 2. The summed E-state index contributed by atoms with van der Waals surface area (Å²) in [6.45, 7) is 7.92. The zero-order chi connectivity index (χ0) is 15.5. The monoisotopic (exact) mass is 299 g/mol. The summed E-state index contributed by atoms with van der Waals surface area (Å²) in [5, 5.41) is 6.22. The number of thiazole rings is 1. The van der Waals surface area contributed by atoms with Gasteiger partial charge in [-0.15, -0.1) is 0 Å². The highest BCUT2D eigenvalue weighted by molar-refractivity contribution is 7.18. The van der Waals surface area contributed by atoms with Gasteiger partial charge in [0.2, 0.25) is 5.91 Å². The topological polar surface area (TPSA) is 123 Å². The number of nitrogens with zero attached hydrogens (tertiary/aromatic N) is 1. The van der Waals surface area contributed by atoms with Crippen LogP contribution in [-0.2, 0) is 4.79 Å². The van der Waals surface area contributed by atoms with E-state index in [1.54, 1.807) is 0 Å². The van der Waals surface area contributed by atoms with E-state index in [2.05, 4.69) is 29.5 Å². The molecule has 8 heteroatoms. The van der Waals surface area contributed by atoms with E-state index in [0.717, 1.165) is 17.9 Å². The first-order chi connectivity index (χ1) is 9.13. The van der Waals surface area contributed by atoms with E-state index >= 15 is 0 Å². The van der Waals surface area contributed by atoms with Crippen LogP contribution in [0.5, 0.6) is 0 Å². The smallest absolute Gasteiger partial charge is 0.266 e. The summed E-state index contributed by atoms with van der Waals surface area (Å²) in [4.78, 5) is 27.6. The van der Waals surface area contributed by atoms with Crippen LogP contribution in [0.3, 0.4) is 0 Å². The van der Waals surface area contributed by atoms with E-state index in [1.165, 1.54) is 13.8 Å². The average molecular weight is 299 g/mol. The third-order valence-corrected chi connectivity index (χ3v) is 3.59. The second-order valence-electron chi connectivity index (χ2n) is 5.45. The van der Waals surface area contributed by atoms with Crippen molar-refractivity contribution in [3.63, 3.8) is 0 Å². The van der Waals surface area contributed by atoms with Crippen molar-refractivity contribution in [1.82, 2.24) is 10.3 Å². The number of carbonyl (C=O) groups is 2. The zero-order valence-corrected chi connectivity index (χ0v) is 12.9. The first kappa shape index (κ1) is 16.2. The normalized spacial score (nSPS) is 11.4. The third-order valence-electron chi connectivity index (χ3n) is 2.56. The Morgan fingerprint density at radius 2 is 2.00 bits per heavy atom. The van der Waals surface area contributed by atoms with Crippen LogP contribution in [0.1, 0.15) is 37.4 Å². The van der Waals surface area contributed by atoms with E-state index in [9.17, 15) is 9.59 Å². The Hall–Kier alpha value is -1.83. The maximum atomic E-state index is 12.1. The van der Waals surface area contributed by atoms with Crippen LogP contribution < -0.4 is 22.1 Å². The molecule has 0 radical (unpaired) electrons. The minimum absolute atomic E-state index is 0.138. The van der Waals surface area contributed by atoms with Gasteiger partial charge < -0.3 is 22.1 Å². The molecular weight excluding hydrogens is 278 g/mol. The van der Waals surface area contributed by atoms with Crippen LogP contribution in [0.25, 0.3) is 0 Å². The van der Waals surface area contributed by atoms with Gasteiger partial charge in [0.1, 0.15) is 16.2 Å². The predicted octanol–water partition coefficient (Wildman–Crippen LogP) is 0.787. The van der Waals surface area contributed by atoms with Crippen molar-refractivity contribution in [2.45, 2.75) is 33.2 Å². The summed E-state index contributed by atoms with van der Waals surface area (Å²) >= 11 is 1.15. The lowest BCUT2D eigenvalue weighted by molar-refractivity contribution is -0.122. The molecule has 112 valence electrons. The van der Waals surface area contributed by atoms with E-state index in [-0.39, 0.29) is 10.7 Å². The van der Waals surface area contributed by atoms with Crippen LogP contribution in [0.4, 0.5) is 10.9 Å². The van der Waals surface area contributed by atoms with E-state index in [4.69, 9.17) is 11.5 Å². The number of carbonyl (C=O) groups excluding carboxylic acids is 2. The summed E-state index contributed by atoms with van der Waals surface area (Å²) < 4.78 is 0. The Morgan fingerprint density at radius 3 is 2.50 bits per heavy atom. The number of nitrogens with one attached hydrogen (secondary N) is 2. The molecule has 0 atom stereocenters. The van der Waals surface area contributed by atoms with Crippen molar-refractivity contribution in [3.8, 4) is 0 Å². The van der Waals surface area contributed by atoms with Gasteiger partial charge >= 0.3 is 0 Å². The largest absolute Gasteiger partial charge is 0.382 e. The molecule has 0 aliphatic heterocycles. The molecule has 20 heavy (non-hydrogen) atoms. The summed E-state index contributed by atoms with van der Waals surface area (Å²) in [5.74, 6) is -0.487. The highest BCUT2D eigenvalue weighted by Gasteiger charge is 2.29. The maximum Gasteiger partial charge on any atom is 0.266 e. The highest BCUT2D eigenvalue weighted by atomic mass is 32.1. The van der Waals surface area contributed by atoms with Crippen LogP contribution in [0.15, 0.2) is 0 Å². The van der Waals surface area contributed by atoms with E-state index < -0.39 is 17.4 Å². The van der Waals surface area contributed by atoms with Gasteiger partial charge in [0, 0.05) is 6.54 Å². The molecule has 1 aromatic rings. The van der Waals surface area contributed by atoms with Gasteiger partial charge in [0.25, 0.3) is 5.91 Å². The Bertz CT molecular complexity index is 510. The molecule has 0 aliphatic rings. The minimum Gasteiger partial charge on any atom is -0.382 e. The van der Waals surface area contributed by atoms with Crippen LogP contribution in [-0.4, -0.2) is 28.9 Å². The molecule has 0 saturated carbocycles. The molecule has 1 aromatic heterocycles. The van der Waals surface area contributed by atoms with Crippen LogP contribution in [0.2, 0.25) is 0 Å². The van der Waals surface area contributed by atoms with Gasteiger partial charge in [0.15, 0.2) is 5.13 Å². The summed E-state index contributed by atoms with van der Waals surface area (Å²) in [7, 11) is 0. The summed E-state index contributed by atoms with van der Waals surface area (Å²) in [6.07, 6.45) is 0. The van der Waals surface area contributed by atoms with Crippen LogP contribution in [0, 0.1) is 5.92 Å². The molecule has 1 rings (SSSR count). The highest BCUT2D eigenvalue weighted by Crippen LogP contribution is 2.25.